The van der Waals surface area contributed by atoms with E-state index in [1.54, 1.807) is 30.3 Å². The Kier molecular flexibility index (Phi) is 5.08. The number of carbonyl (C=O) groups is 1. The number of phenolic OH excluding ortho intramolecular Hbond substituents is 1. The molecule has 0 spiro atoms. The van der Waals surface area contributed by atoms with Crippen LogP contribution in [0.25, 0.3) is 0 Å². The number of nitrogens with zero attached hydrogens (tertiary/aromatic N) is 1. The molecule has 1 amide bonds. The second-order valence-corrected chi connectivity index (χ2v) is 6.06. The van der Waals surface area contributed by atoms with Crippen molar-refractivity contribution < 1.29 is 24.1 Å². The number of methoxy groups -OCH3 is 1. The largest absolute Gasteiger partial charge is 0.504 e. The van der Waals surface area contributed by atoms with E-state index in [0.29, 0.717) is 27.3 Å². The minimum Gasteiger partial charge on any atom is -0.504 e. The monoisotopic (exact) mass is 406 g/mol. The Bertz CT molecular complexity index is 825. The van der Waals surface area contributed by atoms with Gasteiger partial charge in [-0.1, -0.05) is 28.1 Å². The van der Waals surface area contributed by atoms with E-state index in [2.05, 4.69) is 26.5 Å². The highest BCUT2D eigenvalue weighted by Gasteiger charge is 2.27. The molecule has 7 nitrogen and oxygen atoms in total. The van der Waals surface area contributed by atoms with Crippen LogP contribution >= 0.6 is 15.9 Å². The lowest BCUT2D eigenvalue weighted by Crippen LogP contribution is -2.42. The summed E-state index contributed by atoms with van der Waals surface area (Å²) in [5.41, 5.74) is 2.76. The highest BCUT2D eigenvalue weighted by Crippen LogP contribution is 2.33. The highest BCUT2D eigenvalue weighted by atomic mass is 79.9. The number of amides is 1. The molecule has 0 aromatic heterocycles. The van der Waals surface area contributed by atoms with Gasteiger partial charge in [-0.25, -0.2) is 5.43 Å². The van der Waals surface area contributed by atoms with Gasteiger partial charge in [-0.2, -0.15) is 5.10 Å². The molecule has 1 aliphatic rings. The summed E-state index contributed by atoms with van der Waals surface area (Å²) < 4.78 is 16.8. The zero-order valence-electron chi connectivity index (χ0n) is 13.2. The van der Waals surface area contributed by atoms with Gasteiger partial charge in [0.1, 0.15) is 6.61 Å². The third-order valence-electron chi connectivity index (χ3n) is 3.47. The Balaban J connectivity index is 1.65. The first-order valence-electron chi connectivity index (χ1n) is 7.36. The van der Waals surface area contributed by atoms with Gasteiger partial charge in [-0.3, -0.25) is 4.79 Å². The van der Waals surface area contributed by atoms with Crippen molar-refractivity contribution in [3.05, 3.63) is 46.4 Å². The molecule has 2 aromatic carbocycles. The van der Waals surface area contributed by atoms with Crippen LogP contribution in [0.3, 0.4) is 0 Å². The minimum atomic E-state index is -0.808. The normalized spacial score (nSPS) is 15.8. The number of para-hydroxylation sites is 2. The number of ether oxygens (including phenoxy) is 3. The first-order valence-corrected chi connectivity index (χ1v) is 8.15. The van der Waals surface area contributed by atoms with Crippen molar-refractivity contribution in [2.75, 3.05) is 13.7 Å². The number of carbonyl (C=O) groups excluding carboxylic acids is 1. The highest BCUT2D eigenvalue weighted by molar-refractivity contribution is 9.10. The fourth-order valence-electron chi connectivity index (χ4n) is 2.23. The van der Waals surface area contributed by atoms with Crippen LogP contribution in [0.15, 0.2) is 46.0 Å². The zero-order chi connectivity index (χ0) is 17.8. The van der Waals surface area contributed by atoms with Gasteiger partial charge in [0.05, 0.1) is 13.3 Å². The molecule has 1 unspecified atom stereocenters. The number of phenols is 1. The molecule has 3 rings (SSSR count). The predicted molar refractivity (Wildman–Crippen MR) is 94.4 cm³/mol. The summed E-state index contributed by atoms with van der Waals surface area (Å²) >= 11 is 3.31. The number of nitrogens with one attached hydrogen (secondary N) is 1. The van der Waals surface area contributed by atoms with Gasteiger partial charge >= 0.3 is 0 Å². The molecule has 1 heterocycles. The van der Waals surface area contributed by atoms with Gasteiger partial charge < -0.3 is 19.3 Å². The number of hydrazone groups is 1. The Morgan fingerprint density at radius 3 is 2.92 bits per heavy atom. The van der Waals surface area contributed by atoms with E-state index in [4.69, 9.17) is 14.2 Å². The number of hydrogen-bond acceptors (Lipinski definition) is 6. The Morgan fingerprint density at radius 1 is 1.40 bits per heavy atom. The average molecular weight is 407 g/mol. The van der Waals surface area contributed by atoms with Gasteiger partial charge in [0.25, 0.3) is 5.91 Å². The van der Waals surface area contributed by atoms with Crippen molar-refractivity contribution in [3.63, 3.8) is 0 Å². The van der Waals surface area contributed by atoms with Crippen LogP contribution in [0.2, 0.25) is 0 Å². The third-order valence-corrected chi connectivity index (χ3v) is 3.93. The fourth-order valence-corrected chi connectivity index (χ4v) is 2.69. The summed E-state index contributed by atoms with van der Waals surface area (Å²) in [6, 6.07) is 10.4. The first kappa shape index (κ1) is 17.1. The Labute approximate surface area is 152 Å². The summed E-state index contributed by atoms with van der Waals surface area (Å²) in [5.74, 6) is 0.873. The average Bonchev–Trinajstić information content (AvgIpc) is 2.63. The van der Waals surface area contributed by atoms with Gasteiger partial charge in [-0.05, 0) is 24.3 Å². The summed E-state index contributed by atoms with van der Waals surface area (Å²) in [6.07, 6.45) is 0.510. The van der Waals surface area contributed by atoms with Crippen LogP contribution in [0.5, 0.6) is 23.0 Å². The van der Waals surface area contributed by atoms with E-state index in [1.165, 1.54) is 13.3 Å². The lowest BCUT2D eigenvalue weighted by molar-refractivity contribution is -0.130. The molecule has 0 bridgehead atoms. The number of hydrogen-bond donors (Lipinski definition) is 2. The first-order chi connectivity index (χ1) is 12.1. The Hall–Kier alpha value is -2.74. The molecule has 0 aliphatic carbocycles. The van der Waals surface area contributed by atoms with E-state index >= 15 is 0 Å². The molecule has 130 valence electrons. The molecular formula is C17H15BrN2O5. The Morgan fingerprint density at radius 2 is 2.16 bits per heavy atom. The van der Waals surface area contributed by atoms with E-state index in [0.717, 1.165) is 0 Å². The molecule has 1 aliphatic heterocycles. The molecule has 2 N–H and O–H groups in total. The van der Waals surface area contributed by atoms with Crippen molar-refractivity contribution in [2.24, 2.45) is 5.10 Å². The number of halogens is 1. The van der Waals surface area contributed by atoms with E-state index in [1.807, 2.05) is 6.07 Å². The fraction of sp³-hybridized carbons (Fsp3) is 0.176. The molecule has 25 heavy (non-hydrogen) atoms. The van der Waals surface area contributed by atoms with Gasteiger partial charge in [0.15, 0.2) is 23.0 Å². The van der Waals surface area contributed by atoms with Crippen LogP contribution < -0.4 is 19.6 Å². The van der Waals surface area contributed by atoms with Gasteiger partial charge in [0.2, 0.25) is 6.10 Å². The van der Waals surface area contributed by atoms with Crippen molar-refractivity contribution in [2.45, 2.75) is 6.10 Å². The standard InChI is InChI=1S/C17H15BrN2O5/c1-23-14-7-11(18)6-10(16(14)21)8-19-20-17(22)15-9-24-12-4-2-3-5-13(12)25-15/h2-8,15,21H,9H2,1H3,(H,20,22). The van der Waals surface area contributed by atoms with Crippen molar-refractivity contribution in [3.8, 4) is 23.0 Å². The maximum absolute atomic E-state index is 12.1. The van der Waals surface area contributed by atoms with Crippen LogP contribution in [-0.4, -0.2) is 37.0 Å². The summed E-state index contributed by atoms with van der Waals surface area (Å²) in [7, 11) is 1.45. The van der Waals surface area contributed by atoms with E-state index < -0.39 is 12.0 Å². The maximum atomic E-state index is 12.1. The number of rotatable bonds is 4. The second-order valence-electron chi connectivity index (χ2n) is 5.14. The molecule has 2 aromatic rings. The smallest absolute Gasteiger partial charge is 0.284 e. The van der Waals surface area contributed by atoms with Crippen LogP contribution in [0, 0.1) is 0 Å². The van der Waals surface area contributed by atoms with Gasteiger partial charge in [-0.15, -0.1) is 0 Å². The molecule has 0 saturated heterocycles. The van der Waals surface area contributed by atoms with E-state index in [-0.39, 0.29) is 12.4 Å². The second kappa shape index (κ2) is 7.43. The van der Waals surface area contributed by atoms with Crippen molar-refractivity contribution in [1.29, 1.82) is 0 Å². The summed E-state index contributed by atoms with van der Waals surface area (Å²) in [6.45, 7) is 0.0916. The van der Waals surface area contributed by atoms with Crippen LogP contribution in [0.4, 0.5) is 0 Å². The van der Waals surface area contributed by atoms with Gasteiger partial charge in [0, 0.05) is 10.0 Å². The van der Waals surface area contributed by atoms with Crippen molar-refractivity contribution in [1.82, 2.24) is 5.43 Å². The summed E-state index contributed by atoms with van der Waals surface area (Å²) in [4.78, 5) is 12.1. The molecular weight excluding hydrogens is 392 g/mol. The molecule has 1 atom stereocenters. The number of benzene rings is 2. The maximum Gasteiger partial charge on any atom is 0.284 e. The van der Waals surface area contributed by atoms with Crippen LogP contribution in [0.1, 0.15) is 5.56 Å². The van der Waals surface area contributed by atoms with Crippen molar-refractivity contribution >= 4 is 28.1 Å². The molecule has 0 saturated carbocycles. The zero-order valence-corrected chi connectivity index (χ0v) is 14.8. The van der Waals surface area contributed by atoms with Crippen LogP contribution in [-0.2, 0) is 4.79 Å². The lowest BCUT2D eigenvalue weighted by Gasteiger charge is -2.24. The minimum absolute atomic E-state index is 0.0742. The SMILES string of the molecule is COc1cc(Br)cc(C=NNC(=O)C2COc3ccccc3O2)c1O. The summed E-state index contributed by atoms with van der Waals surface area (Å²) in [5, 5.41) is 13.9. The van der Waals surface area contributed by atoms with E-state index in [9.17, 15) is 9.90 Å². The molecule has 0 radical (unpaired) electrons. The third kappa shape index (κ3) is 3.85. The predicted octanol–water partition coefficient (Wildman–Crippen LogP) is 2.45. The molecule has 0 fully saturated rings. The molecule has 8 heteroatoms. The lowest BCUT2D eigenvalue weighted by atomic mass is 10.2. The quantitative estimate of drug-likeness (QED) is 0.601. The topological polar surface area (TPSA) is 89.4 Å². The number of aromatic hydroxyl groups is 1. The number of fused-ring (bicyclic) bond motifs is 1.